The maximum Gasteiger partial charge on any atom is 0.416 e. The third kappa shape index (κ3) is 5.43. The molecule has 0 atom stereocenters. The van der Waals surface area contributed by atoms with Crippen molar-refractivity contribution in [3.05, 3.63) is 29.8 Å². The van der Waals surface area contributed by atoms with Crippen LogP contribution < -0.4 is 16.2 Å². The van der Waals surface area contributed by atoms with Gasteiger partial charge in [-0.3, -0.25) is 10.2 Å². The first kappa shape index (κ1) is 19.1. The Morgan fingerprint density at radius 2 is 1.96 bits per heavy atom. The van der Waals surface area contributed by atoms with Gasteiger partial charge in [-0.1, -0.05) is 12.1 Å². The van der Waals surface area contributed by atoms with Gasteiger partial charge < -0.3 is 5.32 Å². The molecular formula is C14H16F3N7O2. The summed E-state index contributed by atoms with van der Waals surface area (Å²) in [5.74, 6) is -0.702. The highest BCUT2D eigenvalue weighted by molar-refractivity contribution is 5.80. The van der Waals surface area contributed by atoms with Crippen molar-refractivity contribution < 1.29 is 22.8 Å². The number of aromatic nitrogens is 4. The first-order valence-electron chi connectivity index (χ1n) is 7.46. The smallest absolute Gasteiger partial charge is 0.335 e. The van der Waals surface area contributed by atoms with Crippen molar-refractivity contribution in [3.63, 3.8) is 0 Å². The van der Waals surface area contributed by atoms with Gasteiger partial charge in [-0.05, 0) is 31.2 Å². The number of benzene rings is 1. The molecule has 0 saturated heterocycles. The van der Waals surface area contributed by atoms with Gasteiger partial charge in [0.05, 0.1) is 5.56 Å². The van der Waals surface area contributed by atoms with E-state index in [2.05, 4.69) is 31.6 Å². The molecule has 0 aliphatic carbocycles. The fraction of sp³-hybridized carbons (Fsp3) is 0.357. The molecule has 2 aromatic rings. The van der Waals surface area contributed by atoms with E-state index in [1.807, 2.05) is 0 Å². The maximum atomic E-state index is 12.7. The van der Waals surface area contributed by atoms with Crippen molar-refractivity contribution in [1.29, 1.82) is 0 Å². The van der Waals surface area contributed by atoms with E-state index in [0.29, 0.717) is 0 Å². The summed E-state index contributed by atoms with van der Waals surface area (Å²) in [6, 6.07) is 3.73. The minimum absolute atomic E-state index is 0.0607. The lowest BCUT2D eigenvalue weighted by atomic mass is 10.1. The average molecular weight is 371 g/mol. The number of halogens is 3. The topological polar surface area (TPSA) is 114 Å². The lowest BCUT2D eigenvalue weighted by Gasteiger charge is -2.10. The first-order chi connectivity index (χ1) is 12.1. The third-order valence-corrected chi connectivity index (χ3v) is 2.92. The number of rotatable bonds is 4. The average Bonchev–Trinajstić information content (AvgIpc) is 3.00. The number of nitrogens with zero attached hydrogens (tertiary/aromatic N) is 4. The Morgan fingerprint density at radius 3 is 2.62 bits per heavy atom. The lowest BCUT2D eigenvalue weighted by Crippen LogP contribution is -2.49. The number of hydrogen-bond donors (Lipinski definition) is 3. The highest BCUT2D eigenvalue weighted by Gasteiger charge is 2.30. The lowest BCUT2D eigenvalue weighted by molar-refractivity contribution is -0.137. The van der Waals surface area contributed by atoms with E-state index in [9.17, 15) is 22.8 Å². The molecule has 26 heavy (non-hydrogen) atoms. The Hall–Kier alpha value is -3.18. The van der Waals surface area contributed by atoms with E-state index >= 15 is 0 Å². The minimum Gasteiger partial charge on any atom is -0.335 e. The minimum atomic E-state index is -4.49. The molecule has 0 spiro atoms. The molecule has 0 bridgehead atoms. The quantitative estimate of drug-likeness (QED) is 0.697. The molecule has 140 valence electrons. The van der Waals surface area contributed by atoms with Crippen LogP contribution in [0.3, 0.4) is 0 Å². The number of nitrogens with one attached hydrogen (secondary N) is 3. The Kier molecular flexibility index (Phi) is 5.75. The second-order valence-corrected chi connectivity index (χ2v) is 5.52. The zero-order chi connectivity index (χ0) is 19.3. The van der Waals surface area contributed by atoms with Gasteiger partial charge >= 0.3 is 12.2 Å². The molecule has 2 rings (SSSR count). The SMILES string of the molecule is CC(C)NC(=O)NNC(=O)Cn1nnc(-c2cccc(C(F)(F)F)c2)n1. The first-order valence-corrected chi connectivity index (χ1v) is 7.46. The van der Waals surface area contributed by atoms with Gasteiger partial charge in [0.25, 0.3) is 5.91 Å². The fourth-order valence-electron chi connectivity index (χ4n) is 1.85. The summed E-state index contributed by atoms with van der Waals surface area (Å²) in [7, 11) is 0. The molecular weight excluding hydrogens is 355 g/mol. The number of hydrogen-bond acceptors (Lipinski definition) is 5. The summed E-state index contributed by atoms with van der Waals surface area (Å²) in [5, 5.41) is 13.6. The normalized spacial score (nSPS) is 11.3. The number of urea groups is 1. The van der Waals surface area contributed by atoms with Crippen molar-refractivity contribution in [3.8, 4) is 11.4 Å². The Balaban J connectivity index is 1.98. The van der Waals surface area contributed by atoms with E-state index in [4.69, 9.17) is 0 Å². The molecule has 0 unspecified atom stereocenters. The summed E-state index contributed by atoms with van der Waals surface area (Å²) in [5.41, 5.74) is 3.54. The van der Waals surface area contributed by atoms with E-state index in [1.54, 1.807) is 13.8 Å². The molecule has 9 nitrogen and oxygen atoms in total. The van der Waals surface area contributed by atoms with Gasteiger partial charge in [-0.2, -0.15) is 18.0 Å². The van der Waals surface area contributed by atoms with E-state index in [-0.39, 0.29) is 24.0 Å². The number of tetrazole rings is 1. The summed E-state index contributed by atoms with van der Waals surface area (Å²) in [6.45, 7) is 3.11. The summed E-state index contributed by atoms with van der Waals surface area (Å²) in [4.78, 5) is 23.9. The Bertz CT molecular complexity index is 789. The van der Waals surface area contributed by atoms with Gasteiger partial charge in [-0.25, -0.2) is 10.2 Å². The van der Waals surface area contributed by atoms with Crippen molar-refractivity contribution in [2.75, 3.05) is 0 Å². The van der Waals surface area contributed by atoms with Gasteiger partial charge in [-0.15, -0.1) is 10.2 Å². The maximum absolute atomic E-state index is 12.7. The Labute approximate surface area is 145 Å². The Morgan fingerprint density at radius 1 is 1.23 bits per heavy atom. The number of amides is 3. The van der Waals surface area contributed by atoms with E-state index < -0.39 is 23.7 Å². The van der Waals surface area contributed by atoms with Gasteiger partial charge in [0, 0.05) is 11.6 Å². The monoisotopic (exact) mass is 371 g/mol. The molecule has 3 N–H and O–H groups in total. The molecule has 0 aliphatic rings. The molecule has 0 radical (unpaired) electrons. The van der Waals surface area contributed by atoms with Crippen LogP contribution in [0.4, 0.5) is 18.0 Å². The number of alkyl halides is 3. The molecule has 1 heterocycles. The van der Waals surface area contributed by atoms with Gasteiger partial charge in [0.15, 0.2) is 0 Å². The molecule has 1 aromatic heterocycles. The molecule has 0 aliphatic heterocycles. The largest absolute Gasteiger partial charge is 0.416 e. The second-order valence-electron chi connectivity index (χ2n) is 5.52. The zero-order valence-corrected chi connectivity index (χ0v) is 13.8. The van der Waals surface area contributed by atoms with Crippen LogP contribution >= 0.6 is 0 Å². The van der Waals surface area contributed by atoms with Crippen molar-refractivity contribution in [2.24, 2.45) is 0 Å². The van der Waals surface area contributed by atoms with Gasteiger partial charge in [0.2, 0.25) is 5.82 Å². The summed E-state index contributed by atoms with van der Waals surface area (Å²) in [6.07, 6.45) is -4.49. The number of carbonyl (C=O) groups excluding carboxylic acids is 2. The van der Waals surface area contributed by atoms with Crippen LogP contribution in [0.15, 0.2) is 24.3 Å². The standard InChI is InChI=1S/C14H16F3N7O2/c1-8(2)18-13(26)21-19-11(25)7-24-22-12(20-23-24)9-4-3-5-10(6-9)14(15,16)17/h3-6,8H,7H2,1-2H3,(H,19,25)(H2,18,21,26). The zero-order valence-electron chi connectivity index (χ0n) is 13.8. The summed E-state index contributed by atoms with van der Waals surface area (Å²) < 4.78 is 38.2. The van der Waals surface area contributed by atoms with Gasteiger partial charge in [0.1, 0.15) is 6.54 Å². The van der Waals surface area contributed by atoms with Crippen molar-refractivity contribution in [1.82, 2.24) is 36.4 Å². The molecule has 3 amide bonds. The van der Waals surface area contributed by atoms with Crippen LogP contribution in [0.2, 0.25) is 0 Å². The highest BCUT2D eigenvalue weighted by Crippen LogP contribution is 2.31. The van der Waals surface area contributed by atoms with E-state index in [1.165, 1.54) is 12.1 Å². The summed E-state index contributed by atoms with van der Waals surface area (Å²) >= 11 is 0. The number of hydrazine groups is 1. The van der Waals surface area contributed by atoms with Crippen LogP contribution in [-0.4, -0.2) is 38.2 Å². The third-order valence-electron chi connectivity index (χ3n) is 2.92. The highest BCUT2D eigenvalue weighted by atomic mass is 19.4. The van der Waals surface area contributed by atoms with Crippen molar-refractivity contribution >= 4 is 11.9 Å². The molecule has 12 heteroatoms. The van der Waals surface area contributed by atoms with E-state index in [0.717, 1.165) is 16.9 Å². The molecule has 1 aromatic carbocycles. The predicted octanol–water partition coefficient (Wildman–Crippen LogP) is 1.10. The van der Waals surface area contributed by atoms with Crippen molar-refractivity contribution in [2.45, 2.75) is 32.6 Å². The van der Waals surface area contributed by atoms with Crippen LogP contribution in [0.25, 0.3) is 11.4 Å². The number of carbonyl (C=O) groups is 2. The molecule has 0 fully saturated rings. The van der Waals surface area contributed by atoms with Crippen LogP contribution in [-0.2, 0) is 17.5 Å². The second kappa shape index (κ2) is 7.80. The predicted molar refractivity (Wildman–Crippen MR) is 83.2 cm³/mol. The fourth-order valence-corrected chi connectivity index (χ4v) is 1.85. The van der Waals surface area contributed by atoms with Crippen LogP contribution in [0, 0.1) is 0 Å². The molecule has 0 saturated carbocycles. The van der Waals surface area contributed by atoms with Crippen LogP contribution in [0.5, 0.6) is 0 Å². The van der Waals surface area contributed by atoms with Crippen LogP contribution in [0.1, 0.15) is 19.4 Å².